The van der Waals surface area contributed by atoms with Crippen molar-refractivity contribution in [1.29, 1.82) is 0 Å². The SMILES string of the molecule is CSCCC(NC(=O)C(N)CC(=O)O)C(=O)NC(CO)C(=O)NC(CCC(=O)O)C(=O)O. The van der Waals surface area contributed by atoms with E-state index in [0.717, 1.165) is 0 Å². The number of aliphatic hydroxyl groups excluding tert-OH is 1. The Hall–Kier alpha value is -2.91. The van der Waals surface area contributed by atoms with Gasteiger partial charge in [-0.3, -0.25) is 24.0 Å². The van der Waals surface area contributed by atoms with Crippen molar-refractivity contribution in [2.24, 2.45) is 5.73 Å². The van der Waals surface area contributed by atoms with E-state index in [2.05, 4.69) is 10.6 Å². The van der Waals surface area contributed by atoms with Gasteiger partial charge in [-0.2, -0.15) is 11.8 Å². The van der Waals surface area contributed by atoms with E-state index in [9.17, 15) is 33.9 Å². The van der Waals surface area contributed by atoms with Gasteiger partial charge in [0.15, 0.2) is 0 Å². The summed E-state index contributed by atoms with van der Waals surface area (Å²) in [7, 11) is 0. The number of carbonyl (C=O) groups is 6. The minimum atomic E-state index is -1.59. The van der Waals surface area contributed by atoms with Crippen molar-refractivity contribution in [2.75, 3.05) is 18.6 Å². The molecular weight excluding hydrogens is 452 g/mol. The van der Waals surface area contributed by atoms with E-state index in [0.29, 0.717) is 5.75 Å². The highest BCUT2D eigenvalue weighted by Gasteiger charge is 2.30. The Labute approximate surface area is 187 Å². The second-order valence-electron chi connectivity index (χ2n) is 6.62. The van der Waals surface area contributed by atoms with Gasteiger partial charge >= 0.3 is 17.9 Å². The summed E-state index contributed by atoms with van der Waals surface area (Å²) in [6.07, 6.45) is 0.204. The van der Waals surface area contributed by atoms with E-state index >= 15 is 0 Å². The summed E-state index contributed by atoms with van der Waals surface area (Å²) in [5.74, 6) is -6.55. The van der Waals surface area contributed by atoms with Crippen LogP contribution in [0, 0.1) is 0 Å². The summed E-state index contributed by atoms with van der Waals surface area (Å²) >= 11 is 1.35. The number of carboxylic acid groups (broad SMARTS) is 3. The number of thioether (sulfide) groups is 1. The first-order chi connectivity index (χ1) is 14.9. The number of nitrogens with two attached hydrogens (primary N) is 1. The number of carbonyl (C=O) groups excluding carboxylic acids is 3. The molecule has 0 rings (SSSR count). The van der Waals surface area contributed by atoms with Crippen molar-refractivity contribution in [2.45, 2.75) is 49.9 Å². The molecule has 14 nitrogen and oxygen atoms in total. The Balaban J connectivity index is 5.20. The van der Waals surface area contributed by atoms with Crippen LogP contribution < -0.4 is 21.7 Å². The molecule has 0 aliphatic heterocycles. The van der Waals surface area contributed by atoms with E-state index in [1.165, 1.54) is 11.8 Å². The van der Waals surface area contributed by atoms with Crippen LogP contribution in [-0.4, -0.2) is 98.8 Å². The minimum absolute atomic E-state index is 0.0919. The van der Waals surface area contributed by atoms with E-state index in [1.54, 1.807) is 6.26 Å². The third-order valence-corrected chi connectivity index (χ3v) is 4.70. The molecule has 4 atom stereocenters. The Bertz CT molecular complexity index is 705. The molecule has 0 fully saturated rings. The molecule has 4 unspecified atom stereocenters. The zero-order valence-electron chi connectivity index (χ0n) is 17.3. The second-order valence-corrected chi connectivity index (χ2v) is 7.61. The van der Waals surface area contributed by atoms with E-state index in [1.807, 2.05) is 5.32 Å². The Morgan fingerprint density at radius 2 is 1.34 bits per heavy atom. The molecule has 0 aromatic heterocycles. The zero-order chi connectivity index (χ0) is 24.8. The predicted octanol–water partition coefficient (Wildman–Crippen LogP) is -3.06. The molecule has 0 aromatic carbocycles. The van der Waals surface area contributed by atoms with Gasteiger partial charge in [0.05, 0.1) is 19.1 Å². The highest BCUT2D eigenvalue weighted by molar-refractivity contribution is 7.98. The van der Waals surface area contributed by atoms with Crippen LogP contribution in [0.4, 0.5) is 0 Å². The van der Waals surface area contributed by atoms with Gasteiger partial charge in [-0.05, 0) is 24.9 Å². The normalized spacial score (nSPS) is 14.3. The van der Waals surface area contributed by atoms with E-state index in [-0.39, 0.29) is 6.42 Å². The number of amides is 3. The van der Waals surface area contributed by atoms with Gasteiger partial charge in [-0.1, -0.05) is 0 Å². The first kappa shape index (κ1) is 29.1. The summed E-state index contributed by atoms with van der Waals surface area (Å²) in [4.78, 5) is 69.4. The molecule has 0 saturated heterocycles. The van der Waals surface area contributed by atoms with Crippen LogP contribution in [-0.2, 0) is 28.8 Å². The van der Waals surface area contributed by atoms with Gasteiger partial charge in [0.25, 0.3) is 0 Å². The van der Waals surface area contributed by atoms with Crippen LogP contribution in [0.3, 0.4) is 0 Å². The average Bonchev–Trinajstić information content (AvgIpc) is 2.70. The van der Waals surface area contributed by atoms with Crippen LogP contribution in [0.15, 0.2) is 0 Å². The van der Waals surface area contributed by atoms with Gasteiger partial charge in [-0.15, -0.1) is 0 Å². The fraction of sp³-hybridized carbons (Fsp3) is 0.647. The molecule has 0 saturated carbocycles. The molecule has 0 spiro atoms. The molecule has 0 aliphatic rings. The lowest BCUT2D eigenvalue weighted by Gasteiger charge is -2.24. The Kier molecular flexibility index (Phi) is 13.6. The van der Waals surface area contributed by atoms with Gasteiger partial charge in [0, 0.05) is 6.42 Å². The van der Waals surface area contributed by atoms with E-state index in [4.69, 9.17) is 21.1 Å². The molecule has 182 valence electrons. The molecule has 32 heavy (non-hydrogen) atoms. The van der Waals surface area contributed by atoms with Crippen LogP contribution in [0.25, 0.3) is 0 Å². The first-order valence-electron chi connectivity index (χ1n) is 9.35. The molecule has 3 amide bonds. The monoisotopic (exact) mass is 480 g/mol. The quantitative estimate of drug-likeness (QED) is 0.110. The zero-order valence-corrected chi connectivity index (χ0v) is 18.1. The number of hydrogen-bond donors (Lipinski definition) is 8. The molecule has 15 heteroatoms. The summed E-state index contributed by atoms with van der Waals surface area (Å²) < 4.78 is 0. The number of hydrogen-bond acceptors (Lipinski definition) is 9. The topological polar surface area (TPSA) is 245 Å². The number of aliphatic hydroxyl groups is 1. The van der Waals surface area contributed by atoms with Gasteiger partial charge < -0.3 is 42.1 Å². The summed E-state index contributed by atoms with van der Waals surface area (Å²) in [5.41, 5.74) is 5.47. The predicted molar refractivity (Wildman–Crippen MR) is 111 cm³/mol. The average molecular weight is 480 g/mol. The molecule has 0 heterocycles. The smallest absolute Gasteiger partial charge is 0.326 e. The standard InChI is InChI=1S/C17H28N4O10S/c1-32-5-4-9(19-14(27)8(18)6-13(25)26)15(28)21-11(7-22)16(29)20-10(17(30)31)2-3-12(23)24/h8-11,22H,2-7,18H2,1H3,(H,19,27)(H,20,29)(H,21,28)(H,23,24)(H,25,26)(H,30,31). The number of nitrogens with one attached hydrogen (secondary N) is 3. The maximum atomic E-state index is 12.6. The van der Waals surface area contributed by atoms with Crippen LogP contribution in [0.1, 0.15) is 25.7 Å². The van der Waals surface area contributed by atoms with Crippen LogP contribution >= 0.6 is 11.8 Å². The lowest BCUT2D eigenvalue weighted by atomic mass is 10.1. The third-order valence-electron chi connectivity index (χ3n) is 4.05. The van der Waals surface area contributed by atoms with Gasteiger partial charge in [0.2, 0.25) is 17.7 Å². The van der Waals surface area contributed by atoms with Gasteiger partial charge in [-0.25, -0.2) is 4.79 Å². The maximum Gasteiger partial charge on any atom is 0.326 e. The largest absolute Gasteiger partial charge is 0.481 e. The number of rotatable bonds is 16. The molecular formula is C17H28N4O10S. The molecule has 0 radical (unpaired) electrons. The van der Waals surface area contributed by atoms with Crippen molar-refractivity contribution in [1.82, 2.24) is 16.0 Å². The fourth-order valence-electron chi connectivity index (χ4n) is 2.33. The highest BCUT2D eigenvalue weighted by atomic mass is 32.2. The van der Waals surface area contributed by atoms with Gasteiger partial charge in [0.1, 0.15) is 18.1 Å². The fourth-order valence-corrected chi connectivity index (χ4v) is 2.80. The summed E-state index contributed by atoms with van der Waals surface area (Å²) in [6, 6.07) is -5.78. The van der Waals surface area contributed by atoms with Crippen molar-refractivity contribution in [3.05, 3.63) is 0 Å². The van der Waals surface area contributed by atoms with Crippen LogP contribution in [0.2, 0.25) is 0 Å². The Morgan fingerprint density at radius 1 is 0.812 bits per heavy atom. The first-order valence-corrected chi connectivity index (χ1v) is 10.7. The summed E-state index contributed by atoms with van der Waals surface area (Å²) in [6.45, 7) is -0.912. The van der Waals surface area contributed by atoms with Crippen molar-refractivity contribution in [3.8, 4) is 0 Å². The van der Waals surface area contributed by atoms with Crippen molar-refractivity contribution < 1.29 is 49.2 Å². The lowest BCUT2D eigenvalue weighted by Crippen LogP contribution is -2.58. The highest BCUT2D eigenvalue weighted by Crippen LogP contribution is 2.04. The number of carboxylic acids is 3. The minimum Gasteiger partial charge on any atom is -0.481 e. The van der Waals surface area contributed by atoms with Crippen molar-refractivity contribution in [3.63, 3.8) is 0 Å². The molecule has 0 aromatic rings. The Morgan fingerprint density at radius 3 is 1.81 bits per heavy atom. The molecule has 0 bridgehead atoms. The lowest BCUT2D eigenvalue weighted by molar-refractivity contribution is -0.143. The summed E-state index contributed by atoms with van der Waals surface area (Å²) in [5, 5.41) is 42.4. The third kappa shape index (κ3) is 11.5. The van der Waals surface area contributed by atoms with Crippen LogP contribution in [0.5, 0.6) is 0 Å². The molecule has 9 N–H and O–H groups in total. The number of aliphatic carboxylic acids is 3. The van der Waals surface area contributed by atoms with E-state index < -0.39 is 85.7 Å². The second kappa shape index (κ2) is 15.0. The van der Waals surface area contributed by atoms with Crippen molar-refractivity contribution >= 4 is 47.4 Å². The molecule has 0 aliphatic carbocycles. The maximum absolute atomic E-state index is 12.6.